The lowest BCUT2D eigenvalue weighted by molar-refractivity contribution is 0.244. The lowest BCUT2D eigenvalue weighted by Gasteiger charge is -2.41. The monoisotopic (exact) mass is 238 g/mol. The van der Waals surface area contributed by atoms with E-state index >= 15 is 0 Å². The van der Waals surface area contributed by atoms with Gasteiger partial charge in [0.05, 0.1) is 0 Å². The Morgan fingerprint density at radius 3 is 3.19 bits per heavy atom. The number of rotatable bonds is 1. The summed E-state index contributed by atoms with van der Waals surface area (Å²) in [6.07, 6.45) is 3.94. The third-order valence-electron chi connectivity index (χ3n) is 3.68. The molecule has 2 aliphatic rings. The number of hydrogen-bond donors (Lipinski definition) is 1. The second kappa shape index (κ2) is 4.30. The number of anilines is 1. The smallest absolute Gasteiger partial charge is 0.205 e. The largest absolute Gasteiger partial charge is 0.346 e. The molecule has 1 aromatic rings. The van der Waals surface area contributed by atoms with E-state index in [1.165, 1.54) is 37.3 Å². The highest BCUT2D eigenvalue weighted by Gasteiger charge is 2.31. The first kappa shape index (κ1) is 10.5. The number of nitrogens with zero attached hydrogens (tertiary/aromatic N) is 3. The summed E-state index contributed by atoms with van der Waals surface area (Å²) in [4.78, 5) is 6.90. The van der Waals surface area contributed by atoms with Crippen molar-refractivity contribution < 1.29 is 0 Å². The zero-order valence-electron chi connectivity index (χ0n) is 9.65. The van der Waals surface area contributed by atoms with Crippen molar-refractivity contribution in [2.75, 3.05) is 24.5 Å². The van der Waals surface area contributed by atoms with Gasteiger partial charge in [-0.15, -0.1) is 0 Å². The molecule has 1 aromatic heterocycles. The lowest BCUT2D eigenvalue weighted by atomic mass is 9.86. The van der Waals surface area contributed by atoms with Crippen LogP contribution in [0.25, 0.3) is 0 Å². The van der Waals surface area contributed by atoms with Gasteiger partial charge in [-0.05, 0) is 38.6 Å². The molecule has 0 amide bonds. The van der Waals surface area contributed by atoms with Crippen molar-refractivity contribution in [1.29, 1.82) is 0 Å². The number of piperidine rings is 2. The highest BCUT2D eigenvalue weighted by Crippen LogP contribution is 2.28. The van der Waals surface area contributed by atoms with Gasteiger partial charge in [0.2, 0.25) is 5.13 Å². The van der Waals surface area contributed by atoms with Gasteiger partial charge in [0, 0.05) is 30.7 Å². The molecule has 0 radical (unpaired) electrons. The first-order valence-corrected chi connectivity index (χ1v) is 6.89. The Hall–Kier alpha value is -0.680. The van der Waals surface area contributed by atoms with Crippen molar-refractivity contribution in [3.05, 3.63) is 5.82 Å². The fourth-order valence-corrected chi connectivity index (χ4v) is 3.54. The maximum Gasteiger partial charge on any atom is 0.205 e. The van der Waals surface area contributed by atoms with Crippen molar-refractivity contribution in [3.8, 4) is 0 Å². The molecule has 4 nitrogen and oxygen atoms in total. The van der Waals surface area contributed by atoms with Crippen molar-refractivity contribution in [1.82, 2.24) is 14.7 Å². The third-order valence-corrected chi connectivity index (χ3v) is 4.55. The van der Waals surface area contributed by atoms with Gasteiger partial charge in [0.1, 0.15) is 5.82 Å². The van der Waals surface area contributed by atoms with Gasteiger partial charge >= 0.3 is 0 Å². The quantitative estimate of drug-likeness (QED) is 0.803. The Morgan fingerprint density at radius 1 is 1.44 bits per heavy atom. The summed E-state index contributed by atoms with van der Waals surface area (Å²) < 4.78 is 4.27. The van der Waals surface area contributed by atoms with E-state index in [0.29, 0.717) is 0 Å². The van der Waals surface area contributed by atoms with E-state index < -0.39 is 0 Å². The van der Waals surface area contributed by atoms with Gasteiger partial charge in [-0.1, -0.05) is 0 Å². The molecule has 0 bridgehead atoms. The first-order valence-electron chi connectivity index (χ1n) is 6.11. The Balaban J connectivity index is 1.70. The summed E-state index contributed by atoms with van der Waals surface area (Å²) >= 11 is 1.54. The molecule has 0 spiro atoms. The minimum atomic E-state index is 0.749. The predicted octanol–water partition coefficient (Wildman–Crippen LogP) is 1.42. The van der Waals surface area contributed by atoms with Gasteiger partial charge in [-0.25, -0.2) is 4.98 Å². The van der Waals surface area contributed by atoms with Gasteiger partial charge in [0.25, 0.3) is 0 Å². The van der Waals surface area contributed by atoms with Crippen molar-refractivity contribution in [2.45, 2.75) is 32.2 Å². The van der Waals surface area contributed by atoms with Crippen LogP contribution in [-0.2, 0) is 0 Å². The molecule has 1 N–H and O–H groups in total. The fourth-order valence-electron chi connectivity index (χ4n) is 2.83. The molecule has 3 heterocycles. The second-order valence-electron chi connectivity index (χ2n) is 4.82. The van der Waals surface area contributed by atoms with Gasteiger partial charge in [-0.3, -0.25) is 0 Å². The van der Waals surface area contributed by atoms with Gasteiger partial charge in [0.15, 0.2) is 0 Å². The number of nitrogens with one attached hydrogen (secondary N) is 1. The predicted molar refractivity (Wildman–Crippen MR) is 66.0 cm³/mol. The average Bonchev–Trinajstić information content (AvgIpc) is 2.75. The highest BCUT2D eigenvalue weighted by molar-refractivity contribution is 7.09. The zero-order chi connectivity index (χ0) is 11.0. The van der Waals surface area contributed by atoms with Crippen LogP contribution in [0.3, 0.4) is 0 Å². The van der Waals surface area contributed by atoms with Crippen LogP contribution >= 0.6 is 11.5 Å². The normalized spacial score (nSPS) is 30.2. The topological polar surface area (TPSA) is 41.1 Å². The van der Waals surface area contributed by atoms with Crippen LogP contribution in [0.5, 0.6) is 0 Å². The van der Waals surface area contributed by atoms with Crippen molar-refractivity contribution >= 4 is 16.7 Å². The summed E-state index contributed by atoms with van der Waals surface area (Å²) in [6.45, 7) is 5.46. The lowest BCUT2D eigenvalue weighted by Crippen LogP contribution is -2.52. The molecule has 0 aliphatic carbocycles. The first-order chi connectivity index (χ1) is 7.83. The average molecular weight is 238 g/mol. The number of fused-ring (bicyclic) bond motifs is 1. The molecular formula is C11H18N4S. The standard InChI is InChI=1S/C11H18N4S/c1-8-13-11(16-14-8)15-6-4-10-9(7-15)3-2-5-12-10/h9-10,12H,2-7H2,1H3. The molecule has 2 fully saturated rings. The summed E-state index contributed by atoms with van der Waals surface area (Å²) in [7, 11) is 0. The van der Waals surface area contributed by atoms with Crippen molar-refractivity contribution in [2.24, 2.45) is 5.92 Å². The number of hydrogen-bond acceptors (Lipinski definition) is 5. The Morgan fingerprint density at radius 2 is 2.38 bits per heavy atom. The summed E-state index contributed by atoms with van der Waals surface area (Å²) in [5.41, 5.74) is 0. The number of aryl methyl sites for hydroxylation is 1. The van der Waals surface area contributed by atoms with E-state index in [1.54, 1.807) is 0 Å². The maximum atomic E-state index is 4.48. The third kappa shape index (κ3) is 1.94. The maximum absolute atomic E-state index is 4.48. The van der Waals surface area contributed by atoms with E-state index in [4.69, 9.17) is 0 Å². The molecular weight excluding hydrogens is 220 g/mol. The van der Waals surface area contributed by atoms with Crippen LogP contribution in [0, 0.1) is 12.8 Å². The van der Waals surface area contributed by atoms with E-state index in [1.807, 2.05) is 6.92 Å². The molecule has 5 heteroatoms. The molecule has 2 atom stereocenters. The SMILES string of the molecule is Cc1nsc(N2CCC3NCCCC3C2)n1. The minimum Gasteiger partial charge on any atom is -0.346 e. The fraction of sp³-hybridized carbons (Fsp3) is 0.818. The van der Waals surface area contributed by atoms with E-state index in [2.05, 4.69) is 19.6 Å². The molecule has 3 rings (SSSR count). The van der Waals surface area contributed by atoms with E-state index in [9.17, 15) is 0 Å². The number of aromatic nitrogens is 2. The Kier molecular flexibility index (Phi) is 2.81. The van der Waals surface area contributed by atoms with Gasteiger partial charge in [-0.2, -0.15) is 4.37 Å². The van der Waals surface area contributed by atoms with Crippen LogP contribution in [0.4, 0.5) is 5.13 Å². The Bertz CT molecular complexity index is 365. The zero-order valence-corrected chi connectivity index (χ0v) is 10.5. The summed E-state index contributed by atoms with van der Waals surface area (Å²) in [6, 6.07) is 0.749. The Labute approximate surface area is 100 Å². The van der Waals surface area contributed by atoms with E-state index in [-0.39, 0.29) is 0 Å². The molecule has 0 saturated carbocycles. The van der Waals surface area contributed by atoms with Crippen molar-refractivity contribution in [3.63, 3.8) is 0 Å². The van der Waals surface area contributed by atoms with Crippen LogP contribution in [0.2, 0.25) is 0 Å². The molecule has 2 aliphatic heterocycles. The molecule has 0 aromatic carbocycles. The summed E-state index contributed by atoms with van der Waals surface area (Å²) in [5.74, 6) is 1.72. The van der Waals surface area contributed by atoms with Crippen LogP contribution in [-0.4, -0.2) is 35.0 Å². The highest BCUT2D eigenvalue weighted by atomic mass is 32.1. The van der Waals surface area contributed by atoms with Gasteiger partial charge < -0.3 is 10.2 Å². The van der Waals surface area contributed by atoms with E-state index in [0.717, 1.165) is 36.0 Å². The minimum absolute atomic E-state index is 0.749. The van der Waals surface area contributed by atoms with Crippen LogP contribution in [0.15, 0.2) is 0 Å². The molecule has 2 saturated heterocycles. The second-order valence-corrected chi connectivity index (χ2v) is 5.55. The molecule has 16 heavy (non-hydrogen) atoms. The molecule has 2 unspecified atom stereocenters. The van der Waals surface area contributed by atoms with Crippen LogP contribution < -0.4 is 10.2 Å². The van der Waals surface area contributed by atoms with Crippen LogP contribution in [0.1, 0.15) is 25.1 Å². The summed E-state index contributed by atoms with van der Waals surface area (Å²) in [5, 5.41) is 4.75. The molecule has 88 valence electrons.